The van der Waals surface area contributed by atoms with Crippen molar-refractivity contribution in [3.05, 3.63) is 131 Å². The minimum absolute atomic E-state index is 0.0531. The van der Waals surface area contributed by atoms with Crippen molar-refractivity contribution in [2.45, 2.75) is 75.9 Å². The largest absolute Gasteiger partial charge is 0.352 e. The second kappa shape index (κ2) is 15.2. The number of hydrogen-bond donors (Lipinski definition) is 1. The molecule has 7 nitrogen and oxygen atoms in total. The molecule has 5 rings (SSSR count). The fourth-order valence-corrected chi connectivity index (χ4v) is 7.68. The number of sulfonamides is 1. The molecule has 0 aromatic heterocycles. The average Bonchev–Trinajstić information content (AvgIpc) is 3.07. The molecule has 1 saturated carbocycles. The molecule has 0 saturated heterocycles. The summed E-state index contributed by atoms with van der Waals surface area (Å²) < 4.78 is 29.5. The lowest BCUT2D eigenvalue weighted by molar-refractivity contribution is -0.140. The molecule has 0 spiro atoms. The molecular formula is C38H43N3O4S. The minimum atomic E-state index is -4.13. The molecule has 0 radical (unpaired) electrons. The number of benzene rings is 4. The number of carbonyl (C=O) groups is 2. The molecule has 1 atom stereocenters. The Morgan fingerprint density at radius 1 is 0.783 bits per heavy atom. The van der Waals surface area contributed by atoms with E-state index in [0.717, 1.165) is 54.4 Å². The van der Waals surface area contributed by atoms with Crippen LogP contribution in [0.2, 0.25) is 0 Å². The topological polar surface area (TPSA) is 86.8 Å². The molecule has 46 heavy (non-hydrogen) atoms. The zero-order valence-electron chi connectivity index (χ0n) is 26.6. The third-order valence-electron chi connectivity index (χ3n) is 8.65. The first-order valence-electron chi connectivity index (χ1n) is 16.0. The molecule has 240 valence electrons. The smallest absolute Gasteiger partial charge is 0.264 e. The summed E-state index contributed by atoms with van der Waals surface area (Å²) in [4.78, 5) is 30.5. The third kappa shape index (κ3) is 8.23. The maximum absolute atomic E-state index is 14.7. The highest BCUT2D eigenvalue weighted by Crippen LogP contribution is 2.28. The minimum Gasteiger partial charge on any atom is -0.352 e. The number of amides is 2. The van der Waals surface area contributed by atoms with Gasteiger partial charge in [0.25, 0.3) is 10.0 Å². The lowest BCUT2D eigenvalue weighted by atomic mass is 9.94. The van der Waals surface area contributed by atoms with Gasteiger partial charge in [0.15, 0.2) is 0 Å². The normalized spacial score (nSPS) is 14.3. The highest BCUT2D eigenvalue weighted by molar-refractivity contribution is 7.92. The number of anilines is 1. The van der Waals surface area contributed by atoms with Crippen molar-refractivity contribution in [3.8, 4) is 0 Å². The molecule has 1 unspecified atom stereocenters. The maximum Gasteiger partial charge on any atom is 0.264 e. The van der Waals surface area contributed by atoms with Gasteiger partial charge in [0, 0.05) is 19.0 Å². The summed E-state index contributed by atoms with van der Waals surface area (Å²) in [6.45, 7) is 3.51. The second-order valence-electron chi connectivity index (χ2n) is 12.2. The van der Waals surface area contributed by atoms with E-state index in [0.29, 0.717) is 12.1 Å². The summed E-state index contributed by atoms with van der Waals surface area (Å²) >= 11 is 0. The number of carbonyl (C=O) groups excluding carboxylic acids is 2. The Bertz CT molecular complexity index is 1720. The van der Waals surface area contributed by atoms with E-state index in [4.69, 9.17) is 0 Å². The van der Waals surface area contributed by atoms with Crippen molar-refractivity contribution < 1.29 is 18.0 Å². The van der Waals surface area contributed by atoms with Crippen molar-refractivity contribution >= 4 is 27.5 Å². The van der Waals surface area contributed by atoms with Crippen LogP contribution in [-0.4, -0.2) is 43.8 Å². The first kappa shape index (κ1) is 32.9. The van der Waals surface area contributed by atoms with Crippen LogP contribution in [0.4, 0.5) is 5.69 Å². The number of hydrogen-bond acceptors (Lipinski definition) is 4. The summed E-state index contributed by atoms with van der Waals surface area (Å²) in [6.07, 6.45) is 5.39. The van der Waals surface area contributed by atoms with E-state index in [-0.39, 0.29) is 23.4 Å². The number of nitrogens with one attached hydrogen (secondary N) is 1. The Hall–Kier alpha value is -4.43. The van der Waals surface area contributed by atoms with Crippen LogP contribution in [0.1, 0.15) is 54.4 Å². The van der Waals surface area contributed by atoms with E-state index in [9.17, 15) is 18.0 Å². The predicted octanol–water partition coefficient (Wildman–Crippen LogP) is 6.59. The molecule has 0 aliphatic heterocycles. The van der Waals surface area contributed by atoms with E-state index >= 15 is 0 Å². The van der Waals surface area contributed by atoms with Crippen LogP contribution in [0, 0.1) is 13.8 Å². The molecule has 0 bridgehead atoms. The Labute approximate surface area is 273 Å². The standard InChI is InChI=1S/C38H43N3O4S/c1-29-15-14-19-32(25-29)27-40(36(26-31-17-6-3-7-18-31)38(43)39-33-20-8-4-9-21-33)37(42)28-41(35-24-13-12-16-30(35)2)46(44,45)34-22-10-5-11-23-34/h3,5-7,10-19,22-25,33,36H,4,8-9,20-21,26-28H2,1-2H3,(H,39,43). The van der Waals surface area contributed by atoms with Gasteiger partial charge in [0.2, 0.25) is 11.8 Å². The maximum atomic E-state index is 14.7. The van der Waals surface area contributed by atoms with Crippen LogP contribution < -0.4 is 9.62 Å². The lowest BCUT2D eigenvalue weighted by Crippen LogP contribution is -2.55. The van der Waals surface area contributed by atoms with Crippen molar-refractivity contribution in [1.29, 1.82) is 0 Å². The number of aryl methyl sites for hydroxylation is 2. The number of para-hydroxylation sites is 1. The first-order chi connectivity index (χ1) is 22.2. The van der Waals surface area contributed by atoms with Crippen LogP contribution >= 0.6 is 0 Å². The van der Waals surface area contributed by atoms with Gasteiger partial charge in [0.05, 0.1) is 10.6 Å². The van der Waals surface area contributed by atoms with Gasteiger partial charge in [-0.1, -0.05) is 116 Å². The molecule has 1 fully saturated rings. The summed E-state index contributed by atoms with van der Waals surface area (Å²) in [7, 11) is -4.13. The van der Waals surface area contributed by atoms with Gasteiger partial charge in [-0.05, 0) is 61.6 Å². The Morgan fingerprint density at radius 2 is 1.41 bits per heavy atom. The molecule has 4 aromatic carbocycles. The van der Waals surface area contributed by atoms with Gasteiger partial charge < -0.3 is 10.2 Å². The monoisotopic (exact) mass is 637 g/mol. The van der Waals surface area contributed by atoms with Gasteiger partial charge in [-0.2, -0.15) is 0 Å². The zero-order valence-corrected chi connectivity index (χ0v) is 27.5. The molecule has 1 N–H and O–H groups in total. The SMILES string of the molecule is Cc1cccc(CN(C(=O)CN(c2ccccc2C)S(=O)(=O)c2ccccc2)C(Cc2ccccc2)C(=O)NC2CCCCC2)c1. The molecular weight excluding hydrogens is 595 g/mol. The quantitative estimate of drug-likeness (QED) is 0.190. The molecule has 4 aromatic rings. The molecule has 1 aliphatic carbocycles. The van der Waals surface area contributed by atoms with Gasteiger partial charge in [0.1, 0.15) is 12.6 Å². The van der Waals surface area contributed by atoms with E-state index in [2.05, 4.69) is 5.32 Å². The van der Waals surface area contributed by atoms with Crippen molar-refractivity contribution in [2.24, 2.45) is 0 Å². The van der Waals surface area contributed by atoms with Crippen LogP contribution in [0.3, 0.4) is 0 Å². The predicted molar refractivity (Wildman–Crippen MR) is 183 cm³/mol. The van der Waals surface area contributed by atoms with Gasteiger partial charge in [-0.15, -0.1) is 0 Å². The Morgan fingerprint density at radius 3 is 2.09 bits per heavy atom. The number of rotatable bonds is 12. The van der Waals surface area contributed by atoms with Gasteiger partial charge in [-0.3, -0.25) is 13.9 Å². The highest BCUT2D eigenvalue weighted by Gasteiger charge is 2.35. The summed E-state index contributed by atoms with van der Waals surface area (Å²) in [5.41, 5.74) is 3.95. The second-order valence-corrected chi connectivity index (χ2v) is 14.0. The fraction of sp³-hybridized carbons (Fsp3) is 0.316. The first-order valence-corrected chi connectivity index (χ1v) is 17.5. The molecule has 2 amide bonds. The average molecular weight is 638 g/mol. The van der Waals surface area contributed by atoms with Gasteiger partial charge in [-0.25, -0.2) is 8.42 Å². The Balaban J connectivity index is 1.56. The summed E-state index contributed by atoms with van der Waals surface area (Å²) in [5, 5.41) is 3.26. The van der Waals surface area contributed by atoms with Gasteiger partial charge >= 0.3 is 0 Å². The van der Waals surface area contributed by atoms with Crippen molar-refractivity contribution in [2.75, 3.05) is 10.8 Å². The fourth-order valence-electron chi connectivity index (χ4n) is 6.18. The van der Waals surface area contributed by atoms with E-state index in [1.807, 2.05) is 80.6 Å². The van der Waals surface area contributed by atoms with E-state index in [1.54, 1.807) is 35.2 Å². The molecule has 8 heteroatoms. The molecule has 0 heterocycles. The van der Waals surface area contributed by atoms with Crippen LogP contribution in [0.15, 0.2) is 114 Å². The number of nitrogens with zero attached hydrogens (tertiary/aromatic N) is 2. The summed E-state index contributed by atoms with van der Waals surface area (Å²) in [6, 6.07) is 32.0. The third-order valence-corrected chi connectivity index (χ3v) is 10.4. The van der Waals surface area contributed by atoms with Crippen LogP contribution in [0.5, 0.6) is 0 Å². The highest BCUT2D eigenvalue weighted by atomic mass is 32.2. The zero-order chi connectivity index (χ0) is 32.5. The van der Waals surface area contributed by atoms with Crippen LogP contribution in [-0.2, 0) is 32.6 Å². The molecule has 1 aliphatic rings. The van der Waals surface area contributed by atoms with E-state index < -0.39 is 28.5 Å². The lowest BCUT2D eigenvalue weighted by Gasteiger charge is -2.35. The Kier molecular flexibility index (Phi) is 10.9. The van der Waals surface area contributed by atoms with Crippen LogP contribution in [0.25, 0.3) is 0 Å². The van der Waals surface area contributed by atoms with E-state index in [1.165, 1.54) is 16.4 Å². The van der Waals surface area contributed by atoms with Crippen molar-refractivity contribution in [1.82, 2.24) is 10.2 Å². The van der Waals surface area contributed by atoms with Crippen molar-refractivity contribution in [3.63, 3.8) is 0 Å². The summed E-state index contributed by atoms with van der Waals surface area (Å²) in [5.74, 6) is -0.672.